The molecule has 5 rings (SSSR count). The van der Waals surface area contributed by atoms with Crippen LogP contribution in [0.4, 0.5) is 0 Å². The van der Waals surface area contributed by atoms with Gasteiger partial charge in [-0.15, -0.1) is 11.3 Å². The van der Waals surface area contributed by atoms with Crippen molar-refractivity contribution >= 4 is 45.7 Å². The van der Waals surface area contributed by atoms with Gasteiger partial charge in [-0.05, 0) is 58.0 Å². The number of benzene rings is 1. The van der Waals surface area contributed by atoms with Crippen LogP contribution in [0.3, 0.4) is 0 Å². The SMILES string of the molecule is CC1(C)OB(c2ccc(-c3noc(-c4cc5cc(Cl)ccc5[nH]c4=O)n3)s2)OC1(C)C. The number of H-pyrrole nitrogens is 1. The number of nitrogens with zero attached hydrogens (tertiary/aromatic N) is 2. The number of aromatic nitrogens is 3. The number of rotatable bonds is 3. The number of nitrogens with one attached hydrogen (secondary N) is 1. The molecule has 1 aromatic carbocycles. The molecule has 10 heteroatoms. The molecule has 0 unspecified atom stereocenters. The highest BCUT2D eigenvalue weighted by Gasteiger charge is 2.52. The van der Waals surface area contributed by atoms with E-state index >= 15 is 0 Å². The number of pyridine rings is 1. The Kier molecular flexibility index (Phi) is 4.64. The van der Waals surface area contributed by atoms with Crippen molar-refractivity contribution in [2.75, 3.05) is 0 Å². The summed E-state index contributed by atoms with van der Waals surface area (Å²) in [7, 11) is -0.455. The molecule has 1 fully saturated rings. The van der Waals surface area contributed by atoms with E-state index in [1.165, 1.54) is 11.3 Å². The number of halogens is 1. The van der Waals surface area contributed by atoms with Gasteiger partial charge in [0, 0.05) is 20.7 Å². The Hall–Kier alpha value is -2.46. The summed E-state index contributed by atoms with van der Waals surface area (Å²) in [5.41, 5.74) is -0.170. The van der Waals surface area contributed by atoms with Gasteiger partial charge in [-0.25, -0.2) is 0 Å². The summed E-state index contributed by atoms with van der Waals surface area (Å²) in [5, 5.41) is 5.42. The zero-order valence-corrected chi connectivity index (χ0v) is 18.9. The first-order valence-corrected chi connectivity index (χ1v) is 10.9. The second-order valence-electron chi connectivity index (χ2n) is 8.46. The van der Waals surface area contributed by atoms with Crippen LogP contribution in [0.2, 0.25) is 5.02 Å². The van der Waals surface area contributed by atoms with Crippen LogP contribution in [-0.4, -0.2) is 33.4 Å². The summed E-state index contributed by atoms with van der Waals surface area (Å²) < 4.78 is 18.5. The van der Waals surface area contributed by atoms with Gasteiger partial charge in [-0.1, -0.05) is 22.8 Å². The molecule has 0 bridgehead atoms. The topological polar surface area (TPSA) is 90.2 Å². The smallest absolute Gasteiger partial charge is 0.399 e. The van der Waals surface area contributed by atoms with Crippen molar-refractivity contribution in [3.63, 3.8) is 0 Å². The maximum Gasteiger partial charge on any atom is 0.505 e. The van der Waals surface area contributed by atoms with Crippen LogP contribution in [0.5, 0.6) is 0 Å². The van der Waals surface area contributed by atoms with Gasteiger partial charge in [0.05, 0.1) is 16.1 Å². The lowest BCUT2D eigenvalue weighted by atomic mass is 9.88. The van der Waals surface area contributed by atoms with E-state index in [2.05, 4.69) is 15.1 Å². The lowest BCUT2D eigenvalue weighted by molar-refractivity contribution is 0.00578. The fourth-order valence-electron chi connectivity index (χ4n) is 3.33. The van der Waals surface area contributed by atoms with Gasteiger partial charge in [-0.3, -0.25) is 4.79 Å². The largest absolute Gasteiger partial charge is 0.505 e. The van der Waals surface area contributed by atoms with Gasteiger partial charge in [0.1, 0.15) is 5.56 Å². The van der Waals surface area contributed by atoms with E-state index < -0.39 is 18.3 Å². The first-order chi connectivity index (χ1) is 14.6. The van der Waals surface area contributed by atoms with E-state index in [4.69, 9.17) is 25.4 Å². The molecule has 158 valence electrons. The van der Waals surface area contributed by atoms with Crippen LogP contribution in [0.15, 0.2) is 45.7 Å². The minimum atomic E-state index is -0.455. The quantitative estimate of drug-likeness (QED) is 0.464. The fraction of sp³-hybridized carbons (Fsp3) is 0.286. The lowest BCUT2D eigenvalue weighted by Gasteiger charge is -2.32. The number of aromatic amines is 1. The molecule has 1 aliphatic rings. The molecule has 31 heavy (non-hydrogen) atoms. The molecule has 0 saturated carbocycles. The third-order valence-corrected chi connectivity index (χ3v) is 7.13. The Morgan fingerprint density at radius 2 is 1.81 bits per heavy atom. The van der Waals surface area contributed by atoms with Gasteiger partial charge in [-0.2, -0.15) is 4.98 Å². The molecule has 0 spiro atoms. The van der Waals surface area contributed by atoms with E-state index in [1.54, 1.807) is 24.3 Å². The van der Waals surface area contributed by atoms with Crippen molar-refractivity contribution in [3.8, 4) is 22.2 Å². The summed E-state index contributed by atoms with van der Waals surface area (Å²) in [4.78, 5) is 20.6. The Balaban J connectivity index is 1.45. The monoisotopic (exact) mass is 455 g/mol. The van der Waals surface area contributed by atoms with Gasteiger partial charge in [0.2, 0.25) is 5.82 Å². The first kappa shape index (κ1) is 20.4. The number of hydrogen-bond acceptors (Lipinski definition) is 7. The Bertz CT molecular complexity index is 1340. The zero-order chi connectivity index (χ0) is 22.0. The maximum absolute atomic E-state index is 12.5. The number of hydrogen-bond donors (Lipinski definition) is 1. The highest BCUT2D eigenvalue weighted by molar-refractivity contribution is 7.25. The Morgan fingerprint density at radius 1 is 1.06 bits per heavy atom. The Labute approximate surface area is 187 Å². The van der Waals surface area contributed by atoms with Crippen molar-refractivity contribution < 1.29 is 13.8 Å². The molecule has 0 aliphatic carbocycles. The molecule has 4 heterocycles. The second-order valence-corrected chi connectivity index (χ2v) is 10.0. The highest BCUT2D eigenvalue weighted by atomic mass is 35.5. The van der Waals surface area contributed by atoms with Crippen LogP contribution >= 0.6 is 22.9 Å². The third kappa shape index (κ3) is 3.51. The van der Waals surface area contributed by atoms with Crippen molar-refractivity contribution in [2.45, 2.75) is 38.9 Å². The lowest BCUT2D eigenvalue weighted by Crippen LogP contribution is -2.41. The molecule has 0 amide bonds. The predicted molar refractivity (Wildman–Crippen MR) is 122 cm³/mol. The molecule has 1 saturated heterocycles. The van der Waals surface area contributed by atoms with Crippen molar-refractivity contribution in [1.82, 2.24) is 15.1 Å². The molecule has 3 aromatic heterocycles. The summed E-state index contributed by atoms with van der Waals surface area (Å²) in [6.45, 7) is 8.06. The minimum absolute atomic E-state index is 0.142. The first-order valence-electron chi connectivity index (χ1n) is 9.75. The molecule has 4 aromatic rings. The fourth-order valence-corrected chi connectivity index (χ4v) is 4.40. The zero-order valence-electron chi connectivity index (χ0n) is 17.4. The summed E-state index contributed by atoms with van der Waals surface area (Å²) in [6.07, 6.45) is 0. The highest BCUT2D eigenvalue weighted by Crippen LogP contribution is 2.37. The van der Waals surface area contributed by atoms with E-state index in [9.17, 15) is 4.79 Å². The third-order valence-electron chi connectivity index (χ3n) is 5.80. The molecule has 7 nitrogen and oxygen atoms in total. The van der Waals surface area contributed by atoms with E-state index in [0.29, 0.717) is 16.4 Å². The molecule has 0 atom stereocenters. The summed E-state index contributed by atoms with van der Waals surface area (Å²) >= 11 is 7.53. The van der Waals surface area contributed by atoms with E-state index in [0.717, 1.165) is 15.0 Å². The minimum Gasteiger partial charge on any atom is -0.399 e. The normalized spacial score (nSPS) is 17.5. The average molecular weight is 456 g/mol. The van der Waals surface area contributed by atoms with E-state index in [-0.39, 0.29) is 17.0 Å². The summed E-state index contributed by atoms with van der Waals surface area (Å²) in [5.74, 6) is 0.539. The molecular weight excluding hydrogens is 437 g/mol. The molecular formula is C21H19BClN3O4S. The Morgan fingerprint density at radius 3 is 2.55 bits per heavy atom. The van der Waals surface area contributed by atoms with Crippen LogP contribution < -0.4 is 10.3 Å². The molecule has 1 aliphatic heterocycles. The average Bonchev–Trinajstić information content (AvgIpc) is 3.40. The van der Waals surface area contributed by atoms with Gasteiger partial charge in [0.25, 0.3) is 11.4 Å². The predicted octanol–water partition coefficient (Wildman–Crippen LogP) is 4.26. The number of thiophene rings is 1. The van der Waals surface area contributed by atoms with E-state index in [1.807, 2.05) is 39.8 Å². The van der Waals surface area contributed by atoms with Gasteiger partial charge in [0.15, 0.2) is 0 Å². The second kappa shape index (κ2) is 7.03. The van der Waals surface area contributed by atoms with Crippen LogP contribution in [0, 0.1) is 0 Å². The molecule has 1 N–H and O–H groups in total. The van der Waals surface area contributed by atoms with Crippen LogP contribution in [-0.2, 0) is 9.31 Å². The van der Waals surface area contributed by atoms with Crippen molar-refractivity contribution in [1.29, 1.82) is 0 Å². The maximum atomic E-state index is 12.5. The van der Waals surface area contributed by atoms with Crippen molar-refractivity contribution in [2.24, 2.45) is 0 Å². The number of fused-ring (bicyclic) bond motifs is 1. The molecule has 0 radical (unpaired) electrons. The standard InChI is InChI=1S/C21H19BClN3O4S/c1-20(2)21(3,4)30-22(29-20)16-8-7-15(31-16)17-25-19(28-26-17)13-10-11-9-12(23)5-6-14(11)24-18(13)27/h5-10H,1-4H3,(H,24,27). The van der Waals surface area contributed by atoms with Crippen LogP contribution in [0.1, 0.15) is 27.7 Å². The van der Waals surface area contributed by atoms with Crippen LogP contribution in [0.25, 0.3) is 33.1 Å². The summed E-state index contributed by atoms with van der Waals surface area (Å²) in [6, 6.07) is 10.8. The van der Waals surface area contributed by atoms with Gasteiger partial charge < -0.3 is 18.8 Å². The van der Waals surface area contributed by atoms with Crippen molar-refractivity contribution in [3.05, 3.63) is 51.8 Å². The van der Waals surface area contributed by atoms with Gasteiger partial charge >= 0.3 is 7.12 Å².